The number of hydrogen-bond donors (Lipinski definition) is 0. The zero-order chi connectivity index (χ0) is 9.40. The third kappa shape index (κ3) is 4.01. The third-order valence-corrected chi connectivity index (χ3v) is 2.94. The first kappa shape index (κ1) is 11.8. The first-order chi connectivity index (χ1) is 5.79. The molecule has 0 saturated carbocycles. The van der Waals surface area contributed by atoms with Gasteiger partial charge < -0.3 is 0 Å². The van der Waals surface area contributed by atoms with Crippen molar-refractivity contribution in [3.8, 4) is 0 Å². The van der Waals surface area contributed by atoms with Gasteiger partial charge in [-0.15, -0.1) is 6.58 Å². The van der Waals surface area contributed by atoms with Crippen LogP contribution in [0.3, 0.4) is 0 Å². The molecule has 0 aliphatic carbocycles. The molecule has 0 aromatic heterocycles. The van der Waals surface area contributed by atoms with Crippen LogP contribution in [0.4, 0.5) is 0 Å². The summed E-state index contributed by atoms with van der Waals surface area (Å²) in [6, 6.07) is 0. The SMILES string of the molecule is C=CC([SiH2]C)N(OCC)OCC. The van der Waals surface area contributed by atoms with Crippen LogP contribution in [0.1, 0.15) is 13.8 Å². The van der Waals surface area contributed by atoms with Crippen LogP contribution in [0.25, 0.3) is 0 Å². The average Bonchev–Trinajstić information content (AvgIpc) is 2.07. The molecule has 1 unspecified atom stereocenters. The van der Waals surface area contributed by atoms with Gasteiger partial charge >= 0.3 is 0 Å². The lowest BCUT2D eigenvalue weighted by Crippen LogP contribution is -2.37. The van der Waals surface area contributed by atoms with E-state index < -0.39 is 0 Å². The Labute approximate surface area is 77.1 Å². The molecule has 0 saturated heterocycles. The first-order valence-corrected chi connectivity index (χ1v) is 6.70. The number of rotatable bonds is 7. The summed E-state index contributed by atoms with van der Waals surface area (Å²) in [6.07, 6.45) is 1.89. The molecule has 3 nitrogen and oxygen atoms in total. The van der Waals surface area contributed by atoms with E-state index in [1.165, 1.54) is 0 Å². The highest BCUT2D eigenvalue weighted by Crippen LogP contribution is 2.01. The standard InChI is InChI=1S/C8H19NO2Si/c1-5-8(12-4)9(10-6-2)11-7-3/h5,8H,1,6-7,12H2,2-4H3. The minimum atomic E-state index is -0.202. The first-order valence-electron chi connectivity index (χ1n) is 4.47. The molecule has 12 heavy (non-hydrogen) atoms. The molecule has 0 radical (unpaired) electrons. The summed E-state index contributed by atoms with van der Waals surface area (Å²) in [4.78, 5) is 10.6. The Morgan fingerprint density at radius 2 is 1.92 bits per heavy atom. The zero-order valence-electron chi connectivity index (χ0n) is 8.25. The highest BCUT2D eigenvalue weighted by molar-refractivity contribution is 6.36. The molecule has 0 aliphatic heterocycles. The van der Waals surface area contributed by atoms with Crippen molar-refractivity contribution in [2.45, 2.75) is 26.1 Å². The zero-order valence-corrected chi connectivity index (χ0v) is 9.66. The van der Waals surface area contributed by atoms with Gasteiger partial charge in [-0.2, -0.15) is 0 Å². The Kier molecular flexibility index (Phi) is 7.38. The van der Waals surface area contributed by atoms with E-state index in [4.69, 9.17) is 9.68 Å². The predicted octanol–water partition coefficient (Wildman–Crippen LogP) is 0.920. The molecule has 0 aliphatic rings. The molecule has 0 spiro atoms. The monoisotopic (exact) mass is 189 g/mol. The Bertz CT molecular complexity index is 116. The van der Waals surface area contributed by atoms with Crippen molar-refractivity contribution in [1.82, 2.24) is 5.23 Å². The van der Waals surface area contributed by atoms with Gasteiger partial charge in [0, 0.05) is 9.52 Å². The lowest BCUT2D eigenvalue weighted by Gasteiger charge is -2.25. The summed E-state index contributed by atoms with van der Waals surface area (Å²) in [5, 5.41) is 1.58. The third-order valence-electron chi connectivity index (χ3n) is 1.47. The van der Waals surface area contributed by atoms with Gasteiger partial charge in [0.15, 0.2) is 0 Å². The predicted molar refractivity (Wildman–Crippen MR) is 53.5 cm³/mol. The highest BCUT2D eigenvalue weighted by atomic mass is 28.2. The second-order valence-electron chi connectivity index (χ2n) is 2.33. The smallest absolute Gasteiger partial charge is 0.0683 e. The van der Waals surface area contributed by atoms with Crippen LogP contribution in [0, 0.1) is 0 Å². The second-order valence-corrected chi connectivity index (χ2v) is 3.99. The lowest BCUT2D eigenvalue weighted by atomic mass is 10.6. The molecule has 0 bridgehead atoms. The van der Waals surface area contributed by atoms with Crippen molar-refractivity contribution >= 4 is 9.52 Å². The molecule has 0 N–H and O–H groups in total. The molecule has 0 amide bonds. The van der Waals surface area contributed by atoms with Crippen molar-refractivity contribution in [3.05, 3.63) is 12.7 Å². The molecule has 72 valence electrons. The van der Waals surface area contributed by atoms with Crippen molar-refractivity contribution < 1.29 is 9.68 Å². The molecular weight excluding hydrogens is 170 g/mol. The molecule has 0 aromatic carbocycles. The van der Waals surface area contributed by atoms with Crippen molar-refractivity contribution in [3.63, 3.8) is 0 Å². The van der Waals surface area contributed by atoms with Crippen LogP contribution in [0.2, 0.25) is 6.55 Å². The topological polar surface area (TPSA) is 21.7 Å². The van der Waals surface area contributed by atoms with E-state index in [0.29, 0.717) is 13.2 Å². The van der Waals surface area contributed by atoms with Crippen LogP contribution >= 0.6 is 0 Å². The van der Waals surface area contributed by atoms with Gasteiger partial charge in [-0.05, 0) is 13.8 Å². The van der Waals surface area contributed by atoms with Gasteiger partial charge in [0.2, 0.25) is 0 Å². The molecule has 0 rings (SSSR count). The van der Waals surface area contributed by atoms with E-state index in [9.17, 15) is 0 Å². The summed E-state index contributed by atoms with van der Waals surface area (Å²) >= 11 is 0. The summed E-state index contributed by atoms with van der Waals surface area (Å²) < 4.78 is 0. The van der Waals surface area contributed by atoms with Crippen LogP contribution in [0.15, 0.2) is 12.7 Å². The van der Waals surface area contributed by atoms with E-state index in [0.717, 1.165) is 0 Å². The molecule has 0 heterocycles. The van der Waals surface area contributed by atoms with E-state index in [-0.39, 0.29) is 15.2 Å². The Morgan fingerprint density at radius 3 is 2.17 bits per heavy atom. The van der Waals surface area contributed by atoms with Gasteiger partial charge in [0.05, 0.1) is 18.9 Å². The average molecular weight is 189 g/mol. The molecule has 0 fully saturated rings. The Morgan fingerprint density at radius 1 is 1.42 bits per heavy atom. The number of hydroxylamine groups is 2. The number of nitrogens with zero attached hydrogens (tertiary/aromatic N) is 1. The fourth-order valence-electron chi connectivity index (χ4n) is 0.885. The quantitative estimate of drug-likeness (QED) is 0.338. The normalized spacial score (nSPS) is 14.3. The van der Waals surface area contributed by atoms with Crippen LogP contribution in [-0.2, 0) is 9.68 Å². The van der Waals surface area contributed by atoms with E-state index in [2.05, 4.69) is 13.1 Å². The van der Waals surface area contributed by atoms with Gasteiger partial charge in [-0.3, -0.25) is 9.68 Å². The maximum absolute atomic E-state index is 5.30. The van der Waals surface area contributed by atoms with Crippen molar-refractivity contribution in [1.29, 1.82) is 0 Å². The fraction of sp³-hybridized carbons (Fsp3) is 0.750. The Hall–Kier alpha value is -0.163. The van der Waals surface area contributed by atoms with E-state index in [1.54, 1.807) is 5.23 Å². The highest BCUT2D eigenvalue weighted by Gasteiger charge is 2.13. The Balaban J connectivity index is 3.94. The summed E-state index contributed by atoms with van der Waals surface area (Å²) in [7, 11) is -0.202. The van der Waals surface area contributed by atoms with Crippen LogP contribution < -0.4 is 0 Å². The summed E-state index contributed by atoms with van der Waals surface area (Å²) in [5.41, 5.74) is 0.282. The summed E-state index contributed by atoms with van der Waals surface area (Å²) in [6.45, 7) is 11.1. The van der Waals surface area contributed by atoms with Gasteiger partial charge in [-0.25, -0.2) is 0 Å². The van der Waals surface area contributed by atoms with Gasteiger partial charge in [0.25, 0.3) is 0 Å². The summed E-state index contributed by atoms with van der Waals surface area (Å²) in [5.74, 6) is 0. The van der Waals surface area contributed by atoms with Crippen molar-refractivity contribution in [2.24, 2.45) is 0 Å². The van der Waals surface area contributed by atoms with E-state index >= 15 is 0 Å². The minimum Gasteiger partial charge on any atom is -0.274 e. The lowest BCUT2D eigenvalue weighted by molar-refractivity contribution is -0.367. The minimum absolute atomic E-state index is 0.202. The largest absolute Gasteiger partial charge is 0.274 e. The maximum atomic E-state index is 5.30. The van der Waals surface area contributed by atoms with Gasteiger partial charge in [-0.1, -0.05) is 17.8 Å². The molecular formula is C8H19NO2Si. The van der Waals surface area contributed by atoms with Gasteiger partial charge in [0.1, 0.15) is 0 Å². The number of hydrogen-bond acceptors (Lipinski definition) is 3. The van der Waals surface area contributed by atoms with E-state index in [1.807, 2.05) is 19.9 Å². The molecule has 1 atom stereocenters. The fourth-order valence-corrected chi connectivity index (χ4v) is 1.73. The molecule has 4 heteroatoms. The maximum Gasteiger partial charge on any atom is 0.0683 e. The second kappa shape index (κ2) is 7.48. The van der Waals surface area contributed by atoms with Crippen LogP contribution in [-0.4, -0.2) is 33.6 Å². The molecule has 0 aromatic rings. The van der Waals surface area contributed by atoms with Crippen LogP contribution in [0.5, 0.6) is 0 Å². The van der Waals surface area contributed by atoms with Crippen molar-refractivity contribution in [2.75, 3.05) is 13.2 Å².